The lowest BCUT2D eigenvalue weighted by Crippen LogP contribution is -2.06. The monoisotopic (exact) mass is 320 g/mol. The fourth-order valence-corrected chi connectivity index (χ4v) is 3.03. The number of nitrogens with zero attached hydrogens (tertiary/aromatic N) is 3. The highest BCUT2D eigenvalue weighted by Gasteiger charge is 2.20. The zero-order chi connectivity index (χ0) is 16.8. The van der Waals surface area contributed by atoms with Crippen LogP contribution >= 0.6 is 0 Å². The summed E-state index contributed by atoms with van der Waals surface area (Å²) in [6, 6.07) is 12.9. The van der Waals surface area contributed by atoms with Crippen LogP contribution in [0.25, 0.3) is 22.1 Å². The van der Waals surface area contributed by atoms with E-state index in [1.165, 1.54) is 0 Å². The van der Waals surface area contributed by atoms with Gasteiger partial charge in [0.2, 0.25) is 0 Å². The topological polar surface area (TPSA) is 83.8 Å². The van der Waals surface area contributed by atoms with E-state index < -0.39 is 5.97 Å². The first-order valence-corrected chi connectivity index (χ1v) is 7.69. The maximum absolute atomic E-state index is 11.2. The van der Waals surface area contributed by atoms with Gasteiger partial charge < -0.3 is 14.7 Å². The number of aromatic carboxylic acids is 1. The lowest BCUT2D eigenvalue weighted by Gasteiger charge is -2.08. The molecule has 6 nitrogen and oxygen atoms in total. The van der Waals surface area contributed by atoms with Crippen molar-refractivity contribution in [2.24, 2.45) is 7.05 Å². The summed E-state index contributed by atoms with van der Waals surface area (Å²) < 4.78 is 1.93. The zero-order valence-electron chi connectivity index (χ0n) is 13.3. The van der Waals surface area contributed by atoms with Crippen molar-refractivity contribution in [2.75, 3.05) is 0 Å². The van der Waals surface area contributed by atoms with E-state index in [2.05, 4.69) is 15.0 Å². The SMILES string of the molecule is CC(c1nc2ccccc2[nH]1)c1nc2ccc(C(=O)O)cc2n1C. The Balaban J connectivity index is 1.82. The molecule has 0 fully saturated rings. The number of fused-ring (bicyclic) bond motifs is 2. The molecule has 0 saturated heterocycles. The van der Waals surface area contributed by atoms with Crippen molar-refractivity contribution in [1.82, 2.24) is 19.5 Å². The highest BCUT2D eigenvalue weighted by atomic mass is 16.4. The molecule has 0 aliphatic heterocycles. The van der Waals surface area contributed by atoms with Crippen LogP contribution in [0.4, 0.5) is 0 Å². The van der Waals surface area contributed by atoms with Crippen LogP contribution < -0.4 is 0 Å². The molecule has 0 spiro atoms. The zero-order valence-corrected chi connectivity index (χ0v) is 13.3. The molecule has 0 aliphatic rings. The third kappa shape index (κ3) is 2.15. The van der Waals surface area contributed by atoms with E-state index in [-0.39, 0.29) is 11.5 Å². The van der Waals surface area contributed by atoms with Crippen LogP contribution in [-0.2, 0) is 7.05 Å². The summed E-state index contributed by atoms with van der Waals surface area (Å²) in [6.07, 6.45) is 0. The van der Waals surface area contributed by atoms with Gasteiger partial charge in [-0.3, -0.25) is 0 Å². The number of aryl methyl sites for hydroxylation is 1. The number of H-pyrrole nitrogens is 1. The van der Waals surface area contributed by atoms with Crippen LogP contribution in [0.3, 0.4) is 0 Å². The molecule has 1 unspecified atom stereocenters. The van der Waals surface area contributed by atoms with Crippen LogP contribution in [0.2, 0.25) is 0 Å². The second-order valence-corrected chi connectivity index (χ2v) is 5.90. The van der Waals surface area contributed by atoms with Gasteiger partial charge in [0.05, 0.1) is 33.5 Å². The van der Waals surface area contributed by atoms with Crippen molar-refractivity contribution in [3.8, 4) is 0 Å². The molecule has 0 amide bonds. The predicted molar refractivity (Wildman–Crippen MR) is 91.3 cm³/mol. The summed E-state index contributed by atoms with van der Waals surface area (Å²) in [5, 5.41) is 9.17. The maximum atomic E-state index is 11.2. The molecule has 4 aromatic rings. The van der Waals surface area contributed by atoms with Crippen LogP contribution in [0.5, 0.6) is 0 Å². The first-order chi connectivity index (χ1) is 11.5. The number of aromatic nitrogens is 4. The summed E-state index contributed by atoms with van der Waals surface area (Å²) in [7, 11) is 1.90. The van der Waals surface area contributed by atoms with Gasteiger partial charge in [-0.2, -0.15) is 0 Å². The minimum absolute atomic E-state index is 0.0388. The lowest BCUT2D eigenvalue weighted by molar-refractivity contribution is 0.0697. The van der Waals surface area contributed by atoms with E-state index in [9.17, 15) is 4.79 Å². The fourth-order valence-electron chi connectivity index (χ4n) is 3.03. The van der Waals surface area contributed by atoms with Crippen LogP contribution in [0, 0.1) is 0 Å². The van der Waals surface area contributed by atoms with Crippen molar-refractivity contribution >= 4 is 28.0 Å². The highest BCUT2D eigenvalue weighted by Crippen LogP contribution is 2.26. The van der Waals surface area contributed by atoms with Crippen LogP contribution in [0.15, 0.2) is 42.5 Å². The molecule has 4 rings (SSSR count). The van der Waals surface area contributed by atoms with Crippen LogP contribution in [0.1, 0.15) is 34.8 Å². The number of aromatic amines is 1. The minimum atomic E-state index is -0.940. The quantitative estimate of drug-likeness (QED) is 0.606. The first-order valence-electron chi connectivity index (χ1n) is 7.69. The van der Waals surface area contributed by atoms with Gasteiger partial charge in [-0.15, -0.1) is 0 Å². The van der Waals surface area contributed by atoms with Crippen molar-refractivity contribution < 1.29 is 9.90 Å². The summed E-state index contributed by atoms with van der Waals surface area (Å²) in [5.41, 5.74) is 3.75. The highest BCUT2D eigenvalue weighted by molar-refractivity contribution is 5.92. The van der Waals surface area contributed by atoms with E-state index in [1.807, 2.05) is 42.8 Å². The molecule has 1 atom stereocenters. The van der Waals surface area contributed by atoms with Crippen molar-refractivity contribution in [3.05, 3.63) is 59.7 Å². The van der Waals surface area contributed by atoms with Gasteiger partial charge >= 0.3 is 5.97 Å². The van der Waals surface area contributed by atoms with E-state index in [1.54, 1.807) is 18.2 Å². The molecular formula is C18H16N4O2. The number of para-hydroxylation sites is 2. The summed E-state index contributed by atoms with van der Waals surface area (Å²) in [4.78, 5) is 23.8. The summed E-state index contributed by atoms with van der Waals surface area (Å²) in [6.45, 7) is 2.04. The normalized spacial score (nSPS) is 12.8. The lowest BCUT2D eigenvalue weighted by atomic mass is 10.1. The molecule has 0 bridgehead atoms. The summed E-state index contributed by atoms with van der Waals surface area (Å²) in [5.74, 6) is 0.702. The number of carbonyl (C=O) groups is 1. The number of carboxylic acid groups (broad SMARTS) is 1. The van der Waals surface area contributed by atoms with Gasteiger partial charge in [-0.05, 0) is 37.3 Å². The number of imidazole rings is 2. The maximum Gasteiger partial charge on any atom is 0.335 e. The van der Waals surface area contributed by atoms with Crippen molar-refractivity contribution in [1.29, 1.82) is 0 Å². The van der Waals surface area contributed by atoms with Gasteiger partial charge in [-0.25, -0.2) is 14.8 Å². The Morgan fingerprint density at radius 1 is 1.17 bits per heavy atom. The molecule has 24 heavy (non-hydrogen) atoms. The van der Waals surface area contributed by atoms with Crippen LogP contribution in [-0.4, -0.2) is 30.6 Å². The number of hydrogen-bond acceptors (Lipinski definition) is 3. The number of rotatable bonds is 3. The summed E-state index contributed by atoms with van der Waals surface area (Å²) >= 11 is 0. The molecule has 2 heterocycles. The van der Waals surface area contributed by atoms with Gasteiger partial charge in [0.1, 0.15) is 11.6 Å². The standard InChI is InChI=1S/C18H16N4O2/c1-10(16-19-12-5-3-4-6-13(12)20-16)17-21-14-8-7-11(18(23)24)9-15(14)22(17)2/h3-10H,1-2H3,(H,19,20)(H,23,24). The Hall–Kier alpha value is -3.15. The van der Waals surface area contributed by atoms with Crippen molar-refractivity contribution in [3.63, 3.8) is 0 Å². The fraction of sp³-hybridized carbons (Fsp3) is 0.167. The molecule has 6 heteroatoms. The third-order valence-corrected chi connectivity index (χ3v) is 4.37. The largest absolute Gasteiger partial charge is 0.478 e. The number of benzene rings is 2. The minimum Gasteiger partial charge on any atom is -0.478 e. The predicted octanol–water partition coefficient (Wildman–Crippen LogP) is 3.30. The number of hydrogen-bond donors (Lipinski definition) is 2. The van der Waals surface area contributed by atoms with Crippen molar-refractivity contribution in [2.45, 2.75) is 12.8 Å². The first kappa shape index (κ1) is 14.4. The Morgan fingerprint density at radius 2 is 1.96 bits per heavy atom. The Labute approximate surface area is 137 Å². The molecule has 2 aromatic carbocycles. The van der Waals surface area contributed by atoms with E-state index >= 15 is 0 Å². The second kappa shape index (κ2) is 5.19. The Bertz CT molecular complexity index is 1040. The molecule has 0 aliphatic carbocycles. The molecule has 120 valence electrons. The number of carboxylic acids is 1. The Kier molecular flexibility index (Phi) is 3.13. The average molecular weight is 320 g/mol. The van der Waals surface area contributed by atoms with Gasteiger partial charge in [0.25, 0.3) is 0 Å². The molecule has 2 aromatic heterocycles. The van der Waals surface area contributed by atoms with Gasteiger partial charge in [-0.1, -0.05) is 12.1 Å². The third-order valence-electron chi connectivity index (χ3n) is 4.37. The molecule has 2 N–H and O–H groups in total. The van der Waals surface area contributed by atoms with Gasteiger partial charge in [0.15, 0.2) is 0 Å². The van der Waals surface area contributed by atoms with E-state index in [0.717, 1.165) is 33.7 Å². The molecule has 0 saturated carbocycles. The van der Waals surface area contributed by atoms with E-state index in [4.69, 9.17) is 5.11 Å². The second-order valence-electron chi connectivity index (χ2n) is 5.90. The van der Waals surface area contributed by atoms with E-state index in [0.29, 0.717) is 0 Å². The number of nitrogens with one attached hydrogen (secondary N) is 1. The average Bonchev–Trinajstić information content (AvgIpc) is 3.15. The smallest absolute Gasteiger partial charge is 0.335 e. The van der Waals surface area contributed by atoms with Gasteiger partial charge in [0, 0.05) is 7.05 Å². The molecular weight excluding hydrogens is 304 g/mol. The molecule has 0 radical (unpaired) electrons. The Morgan fingerprint density at radius 3 is 2.71 bits per heavy atom.